The molecule has 0 heterocycles. The summed E-state index contributed by atoms with van der Waals surface area (Å²) in [5.74, 6) is -1.13. The summed E-state index contributed by atoms with van der Waals surface area (Å²) in [6, 6.07) is 5.59. The summed E-state index contributed by atoms with van der Waals surface area (Å²) in [7, 11) is 1.61. The second-order valence-electron chi connectivity index (χ2n) is 8.11. The maximum atomic E-state index is 11.4. The van der Waals surface area contributed by atoms with Gasteiger partial charge in [-0.3, -0.25) is 9.59 Å². The zero-order chi connectivity index (χ0) is 22.0. The Labute approximate surface area is 178 Å². The highest BCUT2D eigenvalue weighted by molar-refractivity contribution is 5.98. The van der Waals surface area contributed by atoms with E-state index in [1.165, 1.54) is 32.1 Å². The summed E-state index contributed by atoms with van der Waals surface area (Å²) in [6.45, 7) is 3.38. The van der Waals surface area contributed by atoms with Gasteiger partial charge < -0.3 is 25.0 Å². The van der Waals surface area contributed by atoms with E-state index in [4.69, 9.17) is 9.47 Å². The molecule has 3 N–H and O–H groups in total. The maximum absolute atomic E-state index is 11.4. The smallest absolute Gasteiger partial charge is 0.321 e. The third kappa shape index (κ3) is 6.36. The van der Waals surface area contributed by atoms with E-state index in [-0.39, 0.29) is 18.9 Å². The highest BCUT2D eigenvalue weighted by Crippen LogP contribution is 2.39. The van der Waals surface area contributed by atoms with Crippen molar-refractivity contribution in [2.75, 3.05) is 13.7 Å². The Morgan fingerprint density at radius 2 is 1.80 bits per heavy atom. The molecule has 7 heteroatoms. The summed E-state index contributed by atoms with van der Waals surface area (Å²) in [5.41, 5.74) is -0.703. The normalized spacial score (nSPS) is 17.6. The Kier molecular flexibility index (Phi) is 9.43. The number of aliphatic carboxylic acids is 2. The van der Waals surface area contributed by atoms with Crippen molar-refractivity contribution in [3.63, 3.8) is 0 Å². The fraction of sp³-hybridized carbons (Fsp3) is 0.652. The van der Waals surface area contributed by atoms with Gasteiger partial charge in [0.05, 0.1) is 13.7 Å². The number of carboxylic acids is 2. The molecule has 0 aromatic heterocycles. The number of methoxy groups -OCH3 is 1. The van der Waals surface area contributed by atoms with Gasteiger partial charge in [0.25, 0.3) is 0 Å². The molecule has 1 saturated carbocycles. The fourth-order valence-corrected chi connectivity index (χ4v) is 3.97. The van der Waals surface area contributed by atoms with Crippen molar-refractivity contribution < 1.29 is 29.3 Å². The molecular formula is C23H35NO6. The minimum Gasteiger partial charge on any atom is -0.493 e. The van der Waals surface area contributed by atoms with Crippen molar-refractivity contribution >= 4 is 11.9 Å². The van der Waals surface area contributed by atoms with Gasteiger partial charge in [-0.15, -0.1) is 0 Å². The Morgan fingerprint density at radius 1 is 1.10 bits per heavy atom. The van der Waals surface area contributed by atoms with Gasteiger partial charge in [0.2, 0.25) is 0 Å². The van der Waals surface area contributed by atoms with E-state index in [1.54, 1.807) is 7.11 Å². The summed E-state index contributed by atoms with van der Waals surface area (Å²) >= 11 is 0. The minimum absolute atomic E-state index is 0.0915. The lowest BCUT2D eigenvalue weighted by Gasteiger charge is -2.19. The van der Waals surface area contributed by atoms with Gasteiger partial charge in [-0.05, 0) is 43.4 Å². The molecule has 1 atom stereocenters. The first-order valence-corrected chi connectivity index (χ1v) is 10.9. The molecule has 0 saturated heterocycles. The number of nitrogens with one attached hydrogen (secondary N) is 1. The van der Waals surface area contributed by atoms with E-state index in [2.05, 4.69) is 12.2 Å². The molecule has 0 bridgehead atoms. The standard InChI is InChI=1S/C23H35NO6/c1-3-4-5-6-7-8-13-30-19-10-9-17(14-20(19)29-2)16-24-18-11-12-23(15-18,21(25)26)22(27)28/h9-10,14,18,24H,3-8,11-13,15-16H2,1-2H3,(H,25,26)(H,27,28). The highest BCUT2D eigenvalue weighted by atomic mass is 16.5. The molecule has 1 aromatic rings. The molecule has 0 amide bonds. The van der Waals surface area contributed by atoms with Crippen molar-refractivity contribution in [3.8, 4) is 11.5 Å². The van der Waals surface area contributed by atoms with Crippen LogP contribution >= 0.6 is 0 Å². The first-order valence-electron chi connectivity index (χ1n) is 10.9. The topological polar surface area (TPSA) is 105 Å². The van der Waals surface area contributed by atoms with Crippen molar-refractivity contribution in [1.29, 1.82) is 0 Å². The molecule has 7 nitrogen and oxygen atoms in total. The molecule has 1 aromatic carbocycles. The third-order valence-electron chi connectivity index (χ3n) is 5.91. The van der Waals surface area contributed by atoms with Crippen LogP contribution in [0.5, 0.6) is 11.5 Å². The number of carboxylic acid groups (broad SMARTS) is 2. The average molecular weight is 422 g/mol. The van der Waals surface area contributed by atoms with Gasteiger partial charge >= 0.3 is 11.9 Å². The second-order valence-corrected chi connectivity index (χ2v) is 8.11. The van der Waals surface area contributed by atoms with Gasteiger partial charge in [-0.1, -0.05) is 45.1 Å². The molecule has 1 aliphatic carbocycles. The Balaban J connectivity index is 1.82. The van der Waals surface area contributed by atoms with E-state index in [0.717, 1.165) is 12.0 Å². The molecule has 1 unspecified atom stereocenters. The number of benzene rings is 1. The Hall–Kier alpha value is -2.28. The van der Waals surface area contributed by atoms with E-state index < -0.39 is 17.4 Å². The lowest BCUT2D eigenvalue weighted by Crippen LogP contribution is -2.39. The Morgan fingerprint density at radius 3 is 2.43 bits per heavy atom. The van der Waals surface area contributed by atoms with Gasteiger partial charge in [-0.25, -0.2) is 0 Å². The van der Waals surface area contributed by atoms with Crippen LogP contribution in [0.3, 0.4) is 0 Å². The van der Waals surface area contributed by atoms with Gasteiger partial charge in [0, 0.05) is 12.6 Å². The van der Waals surface area contributed by atoms with E-state index in [0.29, 0.717) is 31.1 Å². The predicted octanol–water partition coefficient (Wildman–Crippen LogP) is 4.23. The molecule has 1 fully saturated rings. The Bertz CT molecular complexity index is 691. The SMILES string of the molecule is CCCCCCCCOc1ccc(CNC2CCC(C(=O)O)(C(=O)O)C2)cc1OC. The van der Waals surface area contributed by atoms with Crippen molar-refractivity contribution in [3.05, 3.63) is 23.8 Å². The van der Waals surface area contributed by atoms with E-state index in [9.17, 15) is 19.8 Å². The number of ether oxygens (including phenoxy) is 2. The molecule has 30 heavy (non-hydrogen) atoms. The molecule has 168 valence electrons. The predicted molar refractivity (Wildman–Crippen MR) is 114 cm³/mol. The number of carbonyl (C=O) groups is 2. The van der Waals surface area contributed by atoms with Gasteiger partial charge in [0.1, 0.15) is 0 Å². The number of hydrogen-bond donors (Lipinski definition) is 3. The van der Waals surface area contributed by atoms with E-state index in [1.807, 2.05) is 18.2 Å². The van der Waals surface area contributed by atoms with Crippen LogP contribution in [0.2, 0.25) is 0 Å². The fourth-order valence-electron chi connectivity index (χ4n) is 3.97. The van der Waals surface area contributed by atoms with Crippen molar-refractivity contribution in [2.24, 2.45) is 5.41 Å². The zero-order valence-electron chi connectivity index (χ0n) is 18.1. The first-order chi connectivity index (χ1) is 14.4. The summed E-state index contributed by atoms with van der Waals surface area (Å²) in [5, 5.41) is 22.0. The lowest BCUT2D eigenvalue weighted by molar-refractivity contribution is -0.164. The maximum Gasteiger partial charge on any atom is 0.321 e. The summed E-state index contributed by atoms with van der Waals surface area (Å²) in [6.07, 6.45) is 8.00. The lowest BCUT2D eigenvalue weighted by atomic mass is 9.86. The molecular weight excluding hydrogens is 386 g/mol. The van der Waals surface area contributed by atoms with Crippen molar-refractivity contribution in [1.82, 2.24) is 5.32 Å². The largest absolute Gasteiger partial charge is 0.493 e. The van der Waals surface area contributed by atoms with Crippen molar-refractivity contribution in [2.45, 2.75) is 77.3 Å². The van der Waals surface area contributed by atoms with Crippen LogP contribution in [0.15, 0.2) is 18.2 Å². The molecule has 0 aliphatic heterocycles. The molecule has 1 aliphatic rings. The van der Waals surface area contributed by atoms with Gasteiger partial charge in [-0.2, -0.15) is 0 Å². The van der Waals surface area contributed by atoms with Crippen LogP contribution in [-0.2, 0) is 16.1 Å². The van der Waals surface area contributed by atoms with Crippen LogP contribution in [0.1, 0.15) is 70.3 Å². The zero-order valence-corrected chi connectivity index (χ0v) is 18.1. The number of unbranched alkanes of at least 4 members (excludes halogenated alkanes) is 5. The molecule has 0 spiro atoms. The average Bonchev–Trinajstić information content (AvgIpc) is 3.18. The highest BCUT2D eigenvalue weighted by Gasteiger charge is 2.51. The van der Waals surface area contributed by atoms with Crippen LogP contribution in [-0.4, -0.2) is 41.9 Å². The van der Waals surface area contributed by atoms with Crippen LogP contribution in [0.25, 0.3) is 0 Å². The monoisotopic (exact) mass is 421 g/mol. The van der Waals surface area contributed by atoms with Crippen LogP contribution in [0.4, 0.5) is 0 Å². The summed E-state index contributed by atoms with van der Waals surface area (Å²) < 4.78 is 11.3. The summed E-state index contributed by atoms with van der Waals surface area (Å²) in [4.78, 5) is 22.9. The van der Waals surface area contributed by atoms with Gasteiger partial charge in [0.15, 0.2) is 16.9 Å². The first kappa shape index (κ1) is 24.0. The van der Waals surface area contributed by atoms with Crippen LogP contribution < -0.4 is 14.8 Å². The quantitative estimate of drug-likeness (QED) is 0.305. The number of rotatable bonds is 14. The van der Waals surface area contributed by atoms with Crippen LogP contribution in [0, 0.1) is 5.41 Å². The molecule has 0 radical (unpaired) electrons. The third-order valence-corrected chi connectivity index (χ3v) is 5.91. The second kappa shape index (κ2) is 11.8. The minimum atomic E-state index is -1.68. The van der Waals surface area contributed by atoms with E-state index >= 15 is 0 Å². The number of hydrogen-bond acceptors (Lipinski definition) is 5. The molecule has 2 rings (SSSR count).